The molecular weight excluding hydrogens is 390 g/mol. The normalized spacial score (nSPS) is 25.3. The number of hydrogen-bond acceptors (Lipinski definition) is 6. The Labute approximate surface area is 189 Å². The zero-order valence-electron chi connectivity index (χ0n) is 20.6. The molecule has 1 saturated heterocycles. The smallest absolute Gasteiger partial charge is 0.395 e. The van der Waals surface area contributed by atoms with Crippen LogP contribution in [0.2, 0.25) is 0 Å². The minimum atomic E-state index is -0.0206. The van der Waals surface area contributed by atoms with Gasteiger partial charge in [-0.25, -0.2) is 4.57 Å². The van der Waals surface area contributed by atoms with E-state index >= 15 is 0 Å². The molecule has 7 nitrogen and oxygen atoms in total. The topological polar surface area (TPSA) is 56.0 Å². The van der Waals surface area contributed by atoms with Crippen LogP contribution in [0.15, 0.2) is 12.3 Å². The fourth-order valence-corrected chi connectivity index (χ4v) is 5.30. The molecule has 2 unspecified atom stereocenters. The van der Waals surface area contributed by atoms with Crippen molar-refractivity contribution in [1.29, 1.82) is 0 Å². The van der Waals surface area contributed by atoms with Crippen molar-refractivity contribution in [3.05, 3.63) is 12.3 Å². The second-order valence-corrected chi connectivity index (χ2v) is 10.2. The molecule has 2 atom stereocenters. The molecule has 0 amide bonds. The van der Waals surface area contributed by atoms with E-state index in [1.807, 2.05) is 0 Å². The summed E-state index contributed by atoms with van der Waals surface area (Å²) < 4.78 is 2.33. The average Bonchev–Trinajstić information content (AvgIpc) is 2.74. The number of fused-ring (bicyclic) bond motifs is 2. The molecule has 0 aromatic carbocycles. The number of nitrogens with zero attached hydrogens (tertiary/aromatic N) is 5. The van der Waals surface area contributed by atoms with Crippen LogP contribution in [0.25, 0.3) is 0 Å². The van der Waals surface area contributed by atoms with Gasteiger partial charge >= 0.3 is 5.95 Å². The van der Waals surface area contributed by atoms with Crippen molar-refractivity contribution in [2.24, 2.45) is 5.41 Å². The van der Waals surface area contributed by atoms with E-state index < -0.39 is 0 Å². The molecule has 2 aliphatic heterocycles. The molecule has 0 saturated carbocycles. The number of anilines is 2. The van der Waals surface area contributed by atoms with Crippen LogP contribution in [0.3, 0.4) is 0 Å². The highest BCUT2D eigenvalue weighted by Gasteiger charge is 2.56. The quantitative estimate of drug-likeness (QED) is 0.572. The third-order valence-corrected chi connectivity index (χ3v) is 7.17. The van der Waals surface area contributed by atoms with E-state index in [1.54, 1.807) is 7.11 Å². The summed E-state index contributed by atoms with van der Waals surface area (Å²) in [5.41, 5.74) is 0.0698. The van der Waals surface area contributed by atoms with Gasteiger partial charge in [0.1, 0.15) is 0 Å². The van der Waals surface area contributed by atoms with Gasteiger partial charge < -0.3 is 14.8 Å². The van der Waals surface area contributed by atoms with Crippen molar-refractivity contribution in [3.8, 4) is 0 Å². The molecule has 7 heteroatoms. The van der Waals surface area contributed by atoms with Crippen molar-refractivity contribution in [2.75, 3.05) is 49.7 Å². The number of rotatable bonds is 10. The van der Waals surface area contributed by atoms with Crippen LogP contribution < -0.4 is 14.4 Å². The first-order valence-corrected chi connectivity index (χ1v) is 12.1. The number of unbranched alkanes of at least 4 members (excludes halogenated alkanes) is 2. The van der Waals surface area contributed by atoms with E-state index in [-0.39, 0.29) is 17.6 Å². The summed E-state index contributed by atoms with van der Waals surface area (Å²) in [5, 5.41) is 11.8. The lowest BCUT2D eigenvalue weighted by molar-refractivity contribution is -0.707. The molecule has 1 fully saturated rings. The summed E-state index contributed by atoms with van der Waals surface area (Å²) in [7, 11) is 1.80. The zero-order valence-corrected chi connectivity index (χ0v) is 20.6. The lowest BCUT2D eigenvalue weighted by Crippen LogP contribution is -2.71. The van der Waals surface area contributed by atoms with Crippen molar-refractivity contribution in [3.63, 3.8) is 0 Å². The summed E-state index contributed by atoms with van der Waals surface area (Å²) in [6, 6.07) is 2.54. The first kappa shape index (κ1) is 24.2. The minimum Gasteiger partial charge on any atom is -0.395 e. The molecule has 176 valence electrons. The fraction of sp³-hybridized carbons (Fsp3) is 0.833. The van der Waals surface area contributed by atoms with Gasteiger partial charge in [-0.15, -0.1) is 0 Å². The van der Waals surface area contributed by atoms with Gasteiger partial charge in [0.25, 0.3) is 0 Å². The van der Waals surface area contributed by atoms with Gasteiger partial charge in [0.05, 0.1) is 39.0 Å². The van der Waals surface area contributed by atoms with Crippen LogP contribution in [0.1, 0.15) is 66.7 Å². The molecule has 2 aliphatic rings. The monoisotopic (exact) mass is 434 g/mol. The SMILES string of the molecule is CCCCN(CCO)c1cc[n+]2c(n1)N(CCCC)C1CC(C)(C)N(OC)CC1(C)C2. The third-order valence-electron chi connectivity index (χ3n) is 7.17. The molecule has 0 bridgehead atoms. The number of hydrogen-bond donors (Lipinski definition) is 1. The van der Waals surface area contributed by atoms with Gasteiger partial charge in [-0.2, -0.15) is 5.06 Å². The van der Waals surface area contributed by atoms with Gasteiger partial charge in [0.2, 0.25) is 5.82 Å². The molecule has 1 aromatic rings. The maximum Gasteiger partial charge on any atom is 0.396 e. The third kappa shape index (κ3) is 4.99. The van der Waals surface area contributed by atoms with Crippen molar-refractivity contribution < 1.29 is 14.5 Å². The van der Waals surface area contributed by atoms with Crippen LogP contribution >= 0.6 is 0 Å². The minimum absolute atomic E-state index is 0.0206. The summed E-state index contributed by atoms with van der Waals surface area (Å²) in [5.74, 6) is 2.06. The van der Waals surface area contributed by atoms with E-state index in [1.165, 1.54) is 6.42 Å². The predicted octanol–water partition coefficient (Wildman–Crippen LogP) is 3.01. The Morgan fingerprint density at radius 1 is 1.23 bits per heavy atom. The first-order chi connectivity index (χ1) is 14.8. The van der Waals surface area contributed by atoms with Crippen molar-refractivity contribution in [1.82, 2.24) is 10.0 Å². The van der Waals surface area contributed by atoms with E-state index in [0.29, 0.717) is 12.6 Å². The highest BCUT2D eigenvalue weighted by molar-refractivity contribution is 5.43. The van der Waals surface area contributed by atoms with E-state index in [2.05, 4.69) is 66.3 Å². The Bertz CT molecular complexity index is 728. The predicted molar refractivity (Wildman–Crippen MR) is 125 cm³/mol. The van der Waals surface area contributed by atoms with E-state index in [4.69, 9.17) is 9.82 Å². The standard InChI is InChI=1S/C24H44N5O2/c1-7-9-12-26(15-16-30)21-11-14-27-18-24(5)19-29(31-6)23(3,4)17-20(24)28(13-10-8-2)22(27)25-21/h11,14,20,30H,7-10,12-13,15-19H2,1-6H3/q+1. The molecule has 0 aliphatic carbocycles. The van der Waals surface area contributed by atoms with Gasteiger partial charge in [0.15, 0.2) is 0 Å². The van der Waals surface area contributed by atoms with Crippen molar-refractivity contribution >= 4 is 11.8 Å². The molecule has 0 radical (unpaired) electrons. The maximum absolute atomic E-state index is 9.60. The van der Waals surface area contributed by atoms with Crippen LogP contribution in [-0.4, -0.2) is 66.6 Å². The zero-order chi connectivity index (χ0) is 22.6. The van der Waals surface area contributed by atoms with E-state index in [9.17, 15) is 5.11 Å². The highest BCUT2D eigenvalue weighted by Crippen LogP contribution is 2.44. The summed E-state index contributed by atoms with van der Waals surface area (Å²) in [6.07, 6.45) is 7.81. The van der Waals surface area contributed by atoms with Crippen LogP contribution in [0, 0.1) is 5.41 Å². The summed E-state index contributed by atoms with van der Waals surface area (Å²) >= 11 is 0. The van der Waals surface area contributed by atoms with Gasteiger partial charge in [0, 0.05) is 43.1 Å². The molecule has 3 heterocycles. The lowest BCUT2D eigenvalue weighted by atomic mass is 9.70. The largest absolute Gasteiger partial charge is 0.396 e. The number of aliphatic hydroxyl groups excluding tert-OH is 1. The average molecular weight is 435 g/mol. The molecule has 3 rings (SSSR count). The van der Waals surface area contributed by atoms with Gasteiger partial charge in [-0.1, -0.05) is 38.6 Å². The van der Waals surface area contributed by atoms with E-state index in [0.717, 1.165) is 63.6 Å². The van der Waals surface area contributed by atoms with Crippen LogP contribution in [-0.2, 0) is 11.4 Å². The first-order valence-electron chi connectivity index (χ1n) is 12.1. The molecular formula is C24H44N5O2+. The molecule has 1 N–H and O–H groups in total. The fourth-order valence-electron chi connectivity index (χ4n) is 5.30. The molecule has 0 spiro atoms. The highest BCUT2D eigenvalue weighted by atomic mass is 16.7. The summed E-state index contributed by atoms with van der Waals surface area (Å²) in [6.45, 7) is 16.0. The molecule has 1 aromatic heterocycles. The summed E-state index contributed by atoms with van der Waals surface area (Å²) in [4.78, 5) is 15.8. The number of aromatic nitrogens is 2. The Kier molecular flexibility index (Phi) is 7.81. The molecule has 31 heavy (non-hydrogen) atoms. The van der Waals surface area contributed by atoms with Gasteiger partial charge in [-0.3, -0.25) is 4.90 Å². The van der Waals surface area contributed by atoms with Crippen LogP contribution in [0.5, 0.6) is 0 Å². The Hall–Kier alpha value is -1.44. The number of aliphatic hydroxyl groups is 1. The van der Waals surface area contributed by atoms with Crippen LogP contribution in [0.4, 0.5) is 11.8 Å². The Balaban J connectivity index is 2.00. The second kappa shape index (κ2) is 10.0. The number of hydroxylamine groups is 2. The van der Waals surface area contributed by atoms with Gasteiger partial charge in [-0.05, 0) is 26.7 Å². The van der Waals surface area contributed by atoms with Crippen molar-refractivity contribution in [2.45, 2.75) is 84.8 Å². The lowest BCUT2D eigenvalue weighted by Gasteiger charge is -2.55. The Morgan fingerprint density at radius 2 is 1.97 bits per heavy atom. The number of piperidine rings is 1. The Morgan fingerprint density at radius 3 is 2.61 bits per heavy atom. The second-order valence-electron chi connectivity index (χ2n) is 10.2. The maximum atomic E-state index is 9.60.